The van der Waals surface area contributed by atoms with Crippen molar-refractivity contribution in [1.29, 1.82) is 0 Å². The standard InChI is InChI=1S/C25H32N6O2/c1-15-5-6-20(11-22(15)31-16(2)27-28-29-31)26-23(32)21-4-3-7-30(21)24(33)25-12-17-8-18(13-25)10-19(9-17)14-25/h5-6,11,17-19,21H,3-4,7-10,12-14H2,1-2H3,(H,26,32). The SMILES string of the molecule is Cc1ccc(NC(=O)C2CCCN2C(=O)C23CC4CC(CC(C4)C2)C3)cc1-n1nnnc1C. The molecule has 5 aliphatic rings. The highest BCUT2D eigenvalue weighted by molar-refractivity contribution is 5.98. The number of nitrogens with one attached hydrogen (secondary N) is 1. The van der Waals surface area contributed by atoms with Crippen molar-refractivity contribution >= 4 is 17.5 Å². The van der Waals surface area contributed by atoms with E-state index in [4.69, 9.17) is 0 Å². The summed E-state index contributed by atoms with van der Waals surface area (Å²) >= 11 is 0. The van der Waals surface area contributed by atoms with E-state index in [1.54, 1.807) is 4.68 Å². The van der Waals surface area contributed by atoms with Gasteiger partial charge in [0.15, 0.2) is 5.82 Å². The van der Waals surface area contributed by atoms with Gasteiger partial charge in [-0.2, -0.15) is 4.68 Å². The molecule has 4 aliphatic carbocycles. The summed E-state index contributed by atoms with van der Waals surface area (Å²) in [6.45, 7) is 4.53. The molecule has 0 radical (unpaired) electrons. The van der Waals surface area contributed by atoms with Gasteiger partial charge in [0.1, 0.15) is 6.04 Å². The minimum absolute atomic E-state index is 0.0891. The second-order valence-electron chi connectivity index (χ2n) is 11.0. The van der Waals surface area contributed by atoms with Gasteiger partial charge in [0.2, 0.25) is 11.8 Å². The maximum Gasteiger partial charge on any atom is 0.247 e. The Kier molecular flexibility index (Phi) is 4.82. The fourth-order valence-electron chi connectivity index (χ4n) is 7.55. The predicted octanol–water partition coefficient (Wildman–Crippen LogP) is 3.43. The number of anilines is 1. The molecule has 33 heavy (non-hydrogen) atoms. The highest BCUT2D eigenvalue weighted by atomic mass is 16.2. The van der Waals surface area contributed by atoms with E-state index >= 15 is 0 Å². The van der Waals surface area contributed by atoms with Gasteiger partial charge in [-0.25, -0.2) is 0 Å². The first kappa shape index (κ1) is 20.8. The van der Waals surface area contributed by atoms with E-state index < -0.39 is 0 Å². The van der Waals surface area contributed by atoms with Crippen LogP contribution in [0.15, 0.2) is 18.2 Å². The molecule has 2 aromatic rings. The third-order valence-corrected chi connectivity index (χ3v) is 8.64. The van der Waals surface area contributed by atoms with Crippen LogP contribution in [0, 0.1) is 37.0 Å². The lowest BCUT2D eigenvalue weighted by Gasteiger charge is -2.56. The first-order valence-electron chi connectivity index (χ1n) is 12.4. The number of aromatic nitrogens is 4. The van der Waals surface area contributed by atoms with Crippen LogP contribution in [0.5, 0.6) is 0 Å². The maximum atomic E-state index is 13.9. The van der Waals surface area contributed by atoms with Crippen LogP contribution in [0.4, 0.5) is 5.69 Å². The summed E-state index contributed by atoms with van der Waals surface area (Å²) in [6, 6.07) is 5.37. The quantitative estimate of drug-likeness (QED) is 0.774. The largest absolute Gasteiger partial charge is 0.330 e. The van der Waals surface area contributed by atoms with E-state index in [-0.39, 0.29) is 23.3 Å². The van der Waals surface area contributed by atoms with Gasteiger partial charge in [-0.3, -0.25) is 9.59 Å². The summed E-state index contributed by atoms with van der Waals surface area (Å²) in [6.07, 6.45) is 8.67. The fourth-order valence-corrected chi connectivity index (χ4v) is 7.55. The Morgan fingerprint density at radius 2 is 1.76 bits per heavy atom. The number of tetrazole rings is 1. The van der Waals surface area contributed by atoms with Crippen LogP contribution in [0.3, 0.4) is 0 Å². The Morgan fingerprint density at radius 1 is 1.06 bits per heavy atom. The summed E-state index contributed by atoms with van der Waals surface area (Å²) in [7, 11) is 0. The molecule has 1 atom stereocenters. The van der Waals surface area contributed by atoms with Crippen LogP contribution < -0.4 is 5.32 Å². The van der Waals surface area contributed by atoms with Crippen LogP contribution in [0.1, 0.15) is 62.8 Å². The molecule has 5 fully saturated rings. The predicted molar refractivity (Wildman–Crippen MR) is 123 cm³/mol. The number of rotatable bonds is 4. The van der Waals surface area contributed by atoms with Crippen LogP contribution in [0.2, 0.25) is 0 Å². The summed E-state index contributed by atoms with van der Waals surface area (Å²) in [5, 5.41) is 14.8. The summed E-state index contributed by atoms with van der Waals surface area (Å²) in [5.74, 6) is 3.01. The van der Waals surface area contributed by atoms with Crippen LogP contribution in [0.25, 0.3) is 5.69 Å². The molecule has 2 amide bonds. The Bertz CT molecular complexity index is 1070. The lowest BCUT2D eigenvalue weighted by Crippen LogP contribution is -2.56. The number of likely N-dealkylation sites (tertiary alicyclic amines) is 1. The number of benzene rings is 1. The van der Waals surface area contributed by atoms with Gasteiger partial charge in [-0.1, -0.05) is 6.07 Å². The van der Waals surface area contributed by atoms with Gasteiger partial charge >= 0.3 is 0 Å². The lowest BCUT2D eigenvalue weighted by atomic mass is 9.49. The van der Waals surface area contributed by atoms with E-state index in [0.29, 0.717) is 18.1 Å². The highest BCUT2D eigenvalue weighted by Crippen LogP contribution is 2.60. The van der Waals surface area contributed by atoms with Crippen molar-refractivity contribution in [2.24, 2.45) is 23.2 Å². The van der Waals surface area contributed by atoms with E-state index in [0.717, 1.165) is 61.1 Å². The molecule has 1 aromatic heterocycles. The summed E-state index contributed by atoms with van der Waals surface area (Å²) in [4.78, 5) is 29.2. The third-order valence-electron chi connectivity index (χ3n) is 8.64. The molecule has 2 heterocycles. The van der Waals surface area contributed by atoms with Crippen molar-refractivity contribution in [3.63, 3.8) is 0 Å². The molecule has 1 aromatic carbocycles. The van der Waals surface area contributed by atoms with Gasteiger partial charge in [0, 0.05) is 12.2 Å². The summed E-state index contributed by atoms with van der Waals surface area (Å²) in [5.41, 5.74) is 2.35. The normalized spacial score (nSPS) is 32.4. The third kappa shape index (κ3) is 3.45. The molecule has 8 nitrogen and oxygen atoms in total. The smallest absolute Gasteiger partial charge is 0.247 e. The van der Waals surface area contributed by atoms with Gasteiger partial charge < -0.3 is 10.2 Å². The average Bonchev–Trinajstić information content (AvgIpc) is 3.43. The molecule has 0 spiro atoms. The number of carbonyl (C=O) groups is 2. The van der Waals surface area contributed by atoms with E-state index in [1.807, 2.05) is 36.9 Å². The molecule has 1 saturated heterocycles. The maximum absolute atomic E-state index is 13.9. The zero-order chi connectivity index (χ0) is 22.7. The van der Waals surface area contributed by atoms with Gasteiger partial charge in [-0.05, 0) is 111 Å². The van der Waals surface area contributed by atoms with Crippen LogP contribution >= 0.6 is 0 Å². The van der Waals surface area contributed by atoms with Crippen molar-refractivity contribution in [2.45, 2.75) is 71.3 Å². The molecule has 7 rings (SSSR count). The molecular formula is C25H32N6O2. The van der Waals surface area contributed by atoms with Crippen molar-refractivity contribution in [1.82, 2.24) is 25.1 Å². The first-order valence-corrected chi connectivity index (χ1v) is 12.4. The number of carbonyl (C=O) groups excluding carboxylic acids is 2. The molecule has 4 bridgehead atoms. The van der Waals surface area contributed by atoms with Gasteiger partial charge in [0.25, 0.3) is 0 Å². The highest BCUT2D eigenvalue weighted by Gasteiger charge is 2.56. The fraction of sp³-hybridized carbons (Fsp3) is 0.640. The summed E-state index contributed by atoms with van der Waals surface area (Å²) < 4.78 is 1.67. The monoisotopic (exact) mass is 448 g/mol. The van der Waals surface area contributed by atoms with Crippen molar-refractivity contribution in [3.8, 4) is 5.69 Å². The number of aryl methyl sites for hydroxylation is 2. The molecule has 1 unspecified atom stereocenters. The topological polar surface area (TPSA) is 93.0 Å². The molecule has 1 N–H and O–H groups in total. The minimum atomic E-state index is -0.384. The molecule has 174 valence electrons. The molecular weight excluding hydrogens is 416 g/mol. The Labute approximate surface area is 194 Å². The minimum Gasteiger partial charge on any atom is -0.330 e. The van der Waals surface area contributed by atoms with E-state index in [9.17, 15) is 9.59 Å². The second kappa shape index (κ2) is 7.64. The number of hydrogen-bond acceptors (Lipinski definition) is 5. The number of hydrogen-bond donors (Lipinski definition) is 1. The number of amides is 2. The van der Waals surface area contributed by atoms with Crippen LogP contribution in [-0.4, -0.2) is 49.5 Å². The zero-order valence-corrected chi connectivity index (χ0v) is 19.5. The van der Waals surface area contributed by atoms with Crippen LogP contribution in [-0.2, 0) is 9.59 Å². The second-order valence-corrected chi connectivity index (χ2v) is 11.0. The van der Waals surface area contributed by atoms with Gasteiger partial charge in [0.05, 0.1) is 11.1 Å². The molecule has 8 heteroatoms. The van der Waals surface area contributed by atoms with Crippen molar-refractivity contribution in [3.05, 3.63) is 29.6 Å². The Hall–Kier alpha value is -2.77. The van der Waals surface area contributed by atoms with Gasteiger partial charge in [-0.15, -0.1) is 5.10 Å². The Morgan fingerprint density at radius 3 is 2.39 bits per heavy atom. The van der Waals surface area contributed by atoms with E-state index in [1.165, 1.54) is 19.3 Å². The molecule has 4 saturated carbocycles. The number of nitrogens with zero attached hydrogens (tertiary/aromatic N) is 5. The Balaban J connectivity index is 1.21. The molecule has 1 aliphatic heterocycles. The lowest BCUT2D eigenvalue weighted by molar-refractivity contribution is -0.160. The van der Waals surface area contributed by atoms with E-state index in [2.05, 4.69) is 20.8 Å². The average molecular weight is 449 g/mol. The first-order chi connectivity index (χ1) is 15.9. The zero-order valence-electron chi connectivity index (χ0n) is 19.5. The van der Waals surface area contributed by atoms with Crippen molar-refractivity contribution in [2.75, 3.05) is 11.9 Å². The van der Waals surface area contributed by atoms with Crippen molar-refractivity contribution < 1.29 is 9.59 Å².